The van der Waals surface area contributed by atoms with E-state index in [0.717, 1.165) is 62.5 Å². The average Bonchev–Trinajstić information content (AvgIpc) is 3.00. The summed E-state index contributed by atoms with van der Waals surface area (Å²) in [5, 5.41) is 7.27. The molecule has 1 aliphatic rings. The van der Waals surface area contributed by atoms with Crippen LogP contribution >= 0.6 is 0 Å². The number of nitrogens with zero attached hydrogens (tertiary/aromatic N) is 4. The van der Waals surface area contributed by atoms with E-state index in [2.05, 4.69) is 27.0 Å². The van der Waals surface area contributed by atoms with Gasteiger partial charge in [0.2, 0.25) is 5.91 Å². The van der Waals surface area contributed by atoms with Crippen molar-refractivity contribution in [1.29, 1.82) is 0 Å². The van der Waals surface area contributed by atoms with Crippen molar-refractivity contribution in [3.63, 3.8) is 0 Å². The fraction of sp³-hybridized carbons (Fsp3) is 0.550. The topological polar surface area (TPSA) is 65.1 Å². The first-order valence-electron chi connectivity index (χ1n) is 9.47. The van der Waals surface area contributed by atoms with E-state index in [1.165, 1.54) is 5.56 Å². The van der Waals surface area contributed by atoms with Gasteiger partial charge in [0.25, 0.3) is 0 Å². The molecule has 2 aromatic rings. The maximum absolute atomic E-state index is 12.9. The van der Waals surface area contributed by atoms with Gasteiger partial charge in [-0.15, -0.1) is 0 Å². The summed E-state index contributed by atoms with van der Waals surface area (Å²) in [6.45, 7) is 6.60. The van der Waals surface area contributed by atoms with E-state index in [4.69, 9.17) is 0 Å². The second kappa shape index (κ2) is 8.34. The molecule has 1 unspecified atom stereocenters. The zero-order chi connectivity index (χ0) is 18.5. The lowest BCUT2D eigenvalue weighted by Gasteiger charge is -2.34. The molecule has 6 heteroatoms. The van der Waals surface area contributed by atoms with Gasteiger partial charge in [0.1, 0.15) is 5.82 Å². The zero-order valence-electron chi connectivity index (χ0n) is 16.0. The molecule has 0 radical (unpaired) electrons. The third-order valence-corrected chi connectivity index (χ3v) is 5.32. The molecule has 3 heterocycles. The Morgan fingerprint density at radius 2 is 2.23 bits per heavy atom. The summed E-state index contributed by atoms with van der Waals surface area (Å²) in [4.78, 5) is 21.4. The number of hydrogen-bond donors (Lipinski definition) is 1. The molecule has 0 bridgehead atoms. The molecule has 3 rings (SSSR count). The number of aromatic amines is 1. The van der Waals surface area contributed by atoms with Gasteiger partial charge in [-0.3, -0.25) is 9.89 Å². The van der Waals surface area contributed by atoms with Crippen LogP contribution in [-0.4, -0.2) is 52.7 Å². The lowest BCUT2D eigenvalue weighted by atomic mass is 9.96. The van der Waals surface area contributed by atoms with Crippen molar-refractivity contribution in [2.75, 3.05) is 31.6 Å². The second-order valence-corrected chi connectivity index (χ2v) is 7.25. The number of anilines is 1. The van der Waals surface area contributed by atoms with Crippen LogP contribution in [0, 0.1) is 19.8 Å². The lowest BCUT2D eigenvalue weighted by molar-refractivity contribution is -0.134. The largest absolute Gasteiger partial charge is 0.356 e. The number of rotatable bonds is 6. The fourth-order valence-electron chi connectivity index (χ4n) is 3.78. The van der Waals surface area contributed by atoms with Crippen molar-refractivity contribution in [1.82, 2.24) is 20.1 Å². The quantitative estimate of drug-likeness (QED) is 0.865. The highest BCUT2D eigenvalue weighted by atomic mass is 16.2. The third kappa shape index (κ3) is 4.23. The van der Waals surface area contributed by atoms with E-state index in [1.54, 1.807) is 0 Å². The van der Waals surface area contributed by atoms with E-state index in [0.29, 0.717) is 0 Å². The molecule has 2 aromatic heterocycles. The van der Waals surface area contributed by atoms with Crippen molar-refractivity contribution in [3.8, 4) is 0 Å². The van der Waals surface area contributed by atoms with Gasteiger partial charge in [-0.25, -0.2) is 4.98 Å². The van der Waals surface area contributed by atoms with Gasteiger partial charge >= 0.3 is 0 Å². The molecule has 1 amide bonds. The minimum Gasteiger partial charge on any atom is -0.356 e. The van der Waals surface area contributed by atoms with Crippen molar-refractivity contribution in [2.24, 2.45) is 5.92 Å². The Hall–Kier alpha value is -2.37. The van der Waals surface area contributed by atoms with Gasteiger partial charge in [-0.05, 0) is 57.2 Å². The van der Waals surface area contributed by atoms with Gasteiger partial charge in [-0.2, -0.15) is 5.10 Å². The van der Waals surface area contributed by atoms with Crippen LogP contribution in [0.5, 0.6) is 0 Å². The summed E-state index contributed by atoms with van der Waals surface area (Å²) in [6, 6.07) is 5.94. The predicted octanol–water partition coefficient (Wildman–Crippen LogP) is 2.73. The van der Waals surface area contributed by atoms with Gasteiger partial charge in [0.05, 0.1) is 11.6 Å². The Kier molecular flexibility index (Phi) is 5.91. The molecular formula is C20H29N5O. The summed E-state index contributed by atoms with van der Waals surface area (Å²) < 4.78 is 0. The summed E-state index contributed by atoms with van der Waals surface area (Å²) in [5.41, 5.74) is 3.48. The first-order chi connectivity index (χ1) is 12.6. The average molecular weight is 355 g/mol. The normalized spacial score (nSPS) is 17.3. The number of pyridine rings is 1. The number of amides is 1. The van der Waals surface area contributed by atoms with Crippen molar-refractivity contribution >= 4 is 11.7 Å². The Morgan fingerprint density at radius 1 is 1.38 bits per heavy atom. The molecule has 1 saturated heterocycles. The summed E-state index contributed by atoms with van der Waals surface area (Å²) in [6.07, 6.45) is 5.73. The number of aromatic nitrogens is 3. The van der Waals surface area contributed by atoms with Crippen LogP contribution in [0.15, 0.2) is 24.4 Å². The Balaban J connectivity index is 1.51. The second-order valence-electron chi connectivity index (χ2n) is 7.25. The van der Waals surface area contributed by atoms with Gasteiger partial charge in [0, 0.05) is 38.6 Å². The Morgan fingerprint density at radius 3 is 2.92 bits per heavy atom. The maximum Gasteiger partial charge on any atom is 0.227 e. The van der Waals surface area contributed by atoms with Crippen LogP contribution in [0.1, 0.15) is 36.2 Å². The standard InChI is InChI=1S/C20H29N5O/c1-15-18(16(2)23-22-15)9-7-12-24(3)20(26)17-8-6-13-25(14-17)19-10-4-5-11-21-19/h4-5,10-11,17H,6-9,12-14H2,1-3H3,(H,22,23). The highest BCUT2D eigenvalue weighted by molar-refractivity contribution is 5.79. The monoisotopic (exact) mass is 355 g/mol. The molecule has 6 nitrogen and oxygen atoms in total. The fourth-order valence-corrected chi connectivity index (χ4v) is 3.78. The van der Waals surface area contributed by atoms with E-state index in [1.807, 2.05) is 43.3 Å². The molecule has 26 heavy (non-hydrogen) atoms. The highest BCUT2D eigenvalue weighted by Gasteiger charge is 2.28. The van der Waals surface area contributed by atoms with Crippen LogP contribution < -0.4 is 4.90 Å². The minimum atomic E-state index is 0.0631. The lowest BCUT2D eigenvalue weighted by Crippen LogP contribution is -2.44. The number of hydrogen-bond acceptors (Lipinski definition) is 4. The van der Waals surface area contributed by atoms with Crippen molar-refractivity contribution in [3.05, 3.63) is 41.3 Å². The van der Waals surface area contributed by atoms with E-state index in [9.17, 15) is 4.79 Å². The molecule has 1 atom stereocenters. The third-order valence-electron chi connectivity index (χ3n) is 5.32. The van der Waals surface area contributed by atoms with Gasteiger partial charge in [-0.1, -0.05) is 6.07 Å². The van der Waals surface area contributed by atoms with Crippen molar-refractivity contribution < 1.29 is 4.79 Å². The molecule has 0 spiro atoms. The van der Waals surface area contributed by atoms with Crippen LogP contribution in [0.3, 0.4) is 0 Å². The molecule has 0 aromatic carbocycles. The molecule has 1 aliphatic heterocycles. The van der Waals surface area contributed by atoms with E-state index in [-0.39, 0.29) is 11.8 Å². The van der Waals surface area contributed by atoms with E-state index < -0.39 is 0 Å². The Labute approximate surface area is 155 Å². The SMILES string of the molecule is Cc1n[nH]c(C)c1CCCN(C)C(=O)C1CCCN(c2ccccn2)C1. The number of nitrogens with one attached hydrogen (secondary N) is 1. The van der Waals surface area contributed by atoms with Crippen molar-refractivity contribution in [2.45, 2.75) is 39.5 Å². The van der Waals surface area contributed by atoms with Crippen LogP contribution in [0.2, 0.25) is 0 Å². The van der Waals surface area contributed by atoms with Crippen LogP contribution in [0.4, 0.5) is 5.82 Å². The first-order valence-corrected chi connectivity index (χ1v) is 9.47. The maximum atomic E-state index is 12.9. The molecule has 0 aliphatic carbocycles. The first kappa shape index (κ1) is 18.4. The van der Waals surface area contributed by atoms with Crippen LogP contribution in [0.25, 0.3) is 0 Å². The molecule has 1 N–H and O–H groups in total. The predicted molar refractivity (Wildman–Crippen MR) is 103 cm³/mol. The number of H-pyrrole nitrogens is 1. The Bertz CT molecular complexity index is 708. The molecule has 1 fully saturated rings. The summed E-state index contributed by atoms with van der Waals surface area (Å²) in [7, 11) is 1.93. The van der Waals surface area contributed by atoms with E-state index >= 15 is 0 Å². The van der Waals surface area contributed by atoms with Gasteiger partial charge in [0.15, 0.2) is 0 Å². The molecular weight excluding hydrogens is 326 g/mol. The summed E-state index contributed by atoms with van der Waals surface area (Å²) >= 11 is 0. The molecule has 140 valence electrons. The number of carbonyl (C=O) groups excluding carboxylic acids is 1. The number of carbonyl (C=O) groups is 1. The zero-order valence-corrected chi connectivity index (χ0v) is 16.0. The summed E-state index contributed by atoms with van der Waals surface area (Å²) in [5.74, 6) is 1.29. The smallest absolute Gasteiger partial charge is 0.227 e. The number of aryl methyl sites for hydroxylation is 2. The number of piperidine rings is 1. The minimum absolute atomic E-state index is 0.0631. The van der Waals surface area contributed by atoms with Crippen LogP contribution in [-0.2, 0) is 11.2 Å². The highest BCUT2D eigenvalue weighted by Crippen LogP contribution is 2.23. The molecule has 0 saturated carbocycles. The van der Waals surface area contributed by atoms with Gasteiger partial charge < -0.3 is 9.80 Å².